The quantitative estimate of drug-likeness (QED) is 0.430. The molecular formula is C26H33FN4O3. The number of benzene rings is 1. The Morgan fingerprint density at radius 3 is 2.56 bits per heavy atom. The first-order chi connectivity index (χ1) is 16.4. The minimum Gasteiger partial charge on any atom is -0.339 e. The number of fused-ring (bicyclic) bond motifs is 1. The third-order valence-electron chi connectivity index (χ3n) is 6.08. The van der Waals surface area contributed by atoms with Gasteiger partial charge in [-0.3, -0.25) is 4.79 Å². The first-order valence-electron chi connectivity index (χ1n) is 11.6. The van der Waals surface area contributed by atoms with Gasteiger partial charge in [-0.15, -0.1) is 0 Å². The van der Waals surface area contributed by atoms with Crippen molar-refractivity contribution in [2.75, 3.05) is 6.54 Å². The van der Waals surface area contributed by atoms with Crippen LogP contribution in [0.5, 0.6) is 0 Å². The van der Waals surface area contributed by atoms with Crippen molar-refractivity contribution < 1.29 is 18.8 Å². The highest BCUT2D eigenvalue weighted by atomic mass is 19.1. The van der Waals surface area contributed by atoms with Crippen molar-refractivity contribution in [2.45, 2.75) is 50.2 Å². The molecule has 1 aromatic rings. The van der Waals surface area contributed by atoms with E-state index >= 15 is 0 Å². The first-order valence-corrected chi connectivity index (χ1v) is 11.6. The lowest BCUT2D eigenvalue weighted by atomic mass is 9.85. The summed E-state index contributed by atoms with van der Waals surface area (Å²) in [6.45, 7) is 0.421. The van der Waals surface area contributed by atoms with Crippen LogP contribution in [0.15, 0.2) is 72.5 Å². The Kier molecular flexibility index (Phi) is 9.33. The number of carbonyl (C=O) groups is 2. The lowest BCUT2D eigenvalue weighted by molar-refractivity contribution is -0.185. The predicted molar refractivity (Wildman–Crippen MR) is 129 cm³/mol. The minimum atomic E-state index is -1.17. The van der Waals surface area contributed by atoms with E-state index in [1.165, 1.54) is 17.2 Å². The first kappa shape index (κ1) is 25.6. The summed E-state index contributed by atoms with van der Waals surface area (Å²) in [6.07, 6.45) is 15.6. The third kappa shape index (κ3) is 6.72. The van der Waals surface area contributed by atoms with Crippen LogP contribution in [0.2, 0.25) is 0 Å². The molecule has 0 radical (unpaired) electrons. The van der Waals surface area contributed by atoms with Crippen molar-refractivity contribution >= 4 is 11.8 Å². The molecule has 0 bridgehead atoms. The number of halogens is 1. The van der Waals surface area contributed by atoms with Crippen LogP contribution in [0, 0.1) is 11.7 Å². The van der Waals surface area contributed by atoms with Gasteiger partial charge in [0.25, 0.3) is 0 Å². The molecule has 0 fully saturated rings. The number of hydrogen-bond acceptors (Lipinski definition) is 7. The number of hydroxylamine groups is 2. The van der Waals surface area contributed by atoms with E-state index in [1.54, 1.807) is 24.4 Å². The van der Waals surface area contributed by atoms with Crippen LogP contribution in [0.4, 0.5) is 4.39 Å². The maximum Gasteiger partial charge on any atom is 0.349 e. The zero-order valence-electron chi connectivity index (χ0n) is 19.2. The van der Waals surface area contributed by atoms with E-state index in [-0.39, 0.29) is 17.6 Å². The molecule has 0 aromatic heterocycles. The molecule has 1 aliphatic carbocycles. The van der Waals surface area contributed by atoms with Crippen LogP contribution in [0.25, 0.3) is 0 Å². The summed E-state index contributed by atoms with van der Waals surface area (Å²) in [5.74, 6) is -2.07. The van der Waals surface area contributed by atoms with Crippen molar-refractivity contribution in [3.05, 3.63) is 83.9 Å². The highest BCUT2D eigenvalue weighted by molar-refractivity contribution is 5.91. The molecule has 0 amide bonds. The molecule has 1 heterocycles. The zero-order chi connectivity index (χ0) is 24.5. The Morgan fingerprint density at radius 2 is 1.82 bits per heavy atom. The van der Waals surface area contributed by atoms with Gasteiger partial charge in [0.2, 0.25) is 0 Å². The van der Waals surface area contributed by atoms with Gasteiger partial charge in [-0.05, 0) is 68.0 Å². The molecule has 0 saturated heterocycles. The number of aryl methyl sites for hydroxylation is 1. The van der Waals surface area contributed by atoms with E-state index in [4.69, 9.17) is 22.0 Å². The summed E-state index contributed by atoms with van der Waals surface area (Å²) < 4.78 is 13.2. The molecule has 3 rings (SSSR count). The van der Waals surface area contributed by atoms with Crippen LogP contribution >= 0.6 is 0 Å². The molecule has 2 unspecified atom stereocenters. The van der Waals surface area contributed by atoms with Gasteiger partial charge >= 0.3 is 5.97 Å². The van der Waals surface area contributed by atoms with E-state index in [2.05, 4.69) is 0 Å². The molecule has 6 N–H and O–H groups in total. The lowest BCUT2D eigenvalue weighted by Gasteiger charge is -2.32. The van der Waals surface area contributed by atoms with Crippen molar-refractivity contribution in [3.63, 3.8) is 0 Å². The third-order valence-corrected chi connectivity index (χ3v) is 6.08. The summed E-state index contributed by atoms with van der Waals surface area (Å²) in [5, 5.41) is 1.44. The fourth-order valence-corrected chi connectivity index (χ4v) is 4.11. The van der Waals surface area contributed by atoms with Crippen molar-refractivity contribution in [2.24, 2.45) is 23.1 Å². The Morgan fingerprint density at radius 1 is 1.06 bits per heavy atom. The fraction of sp³-hybridized carbons (Fsp3) is 0.385. The van der Waals surface area contributed by atoms with E-state index in [0.717, 1.165) is 11.1 Å². The summed E-state index contributed by atoms with van der Waals surface area (Å²) >= 11 is 0. The standard InChI is InChI=1S/C26H33FN4O3/c27-20-14-12-18(13-15-20)6-3-9-21(25(32)22(29)10-4-16-28)24(30)26(33)34-31-17-5-8-19-7-1-2-11-23(19)31/h1-2,5,7-8,11-15,17,21-24H,3-4,6,9-10,16,28-30H2/t21?,22-,23?,24+/m1/s1. The monoisotopic (exact) mass is 468 g/mol. The molecule has 182 valence electrons. The molecular weight excluding hydrogens is 435 g/mol. The summed E-state index contributed by atoms with van der Waals surface area (Å²) in [5.41, 5.74) is 19.9. The second-order valence-corrected chi connectivity index (χ2v) is 8.56. The van der Waals surface area contributed by atoms with Gasteiger partial charge in [-0.2, -0.15) is 0 Å². The summed E-state index contributed by atoms with van der Waals surface area (Å²) in [4.78, 5) is 31.7. The molecule has 8 heteroatoms. The number of nitrogens with two attached hydrogens (primary N) is 3. The number of allylic oxidation sites excluding steroid dienone is 4. The van der Waals surface area contributed by atoms with Crippen molar-refractivity contribution in [1.82, 2.24) is 5.06 Å². The van der Waals surface area contributed by atoms with Crippen LogP contribution < -0.4 is 17.2 Å². The normalized spacial score (nSPS) is 19.2. The molecule has 34 heavy (non-hydrogen) atoms. The number of hydrogen-bond donors (Lipinski definition) is 3. The van der Waals surface area contributed by atoms with E-state index in [9.17, 15) is 14.0 Å². The maximum atomic E-state index is 13.2. The molecule has 4 atom stereocenters. The van der Waals surface area contributed by atoms with Gasteiger partial charge in [-0.1, -0.05) is 42.5 Å². The second kappa shape index (κ2) is 12.4. The topological polar surface area (TPSA) is 125 Å². The number of carbonyl (C=O) groups excluding carboxylic acids is 2. The van der Waals surface area contributed by atoms with Crippen LogP contribution in [0.1, 0.15) is 31.2 Å². The molecule has 1 aliphatic heterocycles. The molecule has 1 aromatic carbocycles. The van der Waals surface area contributed by atoms with Crippen molar-refractivity contribution in [1.29, 1.82) is 0 Å². The Labute approximate surface area is 199 Å². The van der Waals surface area contributed by atoms with Gasteiger partial charge in [0.05, 0.1) is 6.04 Å². The number of Topliss-reactive ketones (excluding diaryl/α,β-unsaturated/α-hetero) is 1. The summed E-state index contributed by atoms with van der Waals surface area (Å²) in [7, 11) is 0. The molecule has 2 aliphatic rings. The van der Waals surface area contributed by atoms with Gasteiger partial charge < -0.3 is 22.0 Å². The number of rotatable bonds is 12. The largest absolute Gasteiger partial charge is 0.349 e. The van der Waals surface area contributed by atoms with E-state index < -0.39 is 24.0 Å². The van der Waals surface area contributed by atoms with Crippen LogP contribution in [0.3, 0.4) is 0 Å². The predicted octanol–water partition coefficient (Wildman–Crippen LogP) is 2.44. The van der Waals surface area contributed by atoms with E-state index in [1.807, 2.05) is 30.4 Å². The minimum absolute atomic E-state index is 0.245. The SMILES string of the molecule is NCCC[C@@H](N)C(=O)C(CCCc1ccc(F)cc1)[C@H](N)C(=O)ON1C=CC=C2C=CC=CC21. The lowest BCUT2D eigenvalue weighted by Crippen LogP contribution is -2.50. The van der Waals surface area contributed by atoms with Crippen LogP contribution in [-0.4, -0.2) is 41.5 Å². The summed E-state index contributed by atoms with van der Waals surface area (Å²) in [6, 6.07) is 4.02. The van der Waals surface area contributed by atoms with Crippen molar-refractivity contribution in [3.8, 4) is 0 Å². The molecule has 7 nitrogen and oxygen atoms in total. The van der Waals surface area contributed by atoms with Gasteiger partial charge in [0.15, 0.2) is 5.78 Å². The molecule has 0 spiro atoms. The zero-order valence-corrected chi connectivity index (χ0v) is 19.2. The highest BCUT2D eigenvalue weighted by Gasteiger charge is 2.36. The average molecular weight is 469 g/mol. The number of ketones is 1. The van der Waals surface area contributed by atoms with Gasteiger partial charge in [-0.25, -0.2) is 14.2 Å². The second-order valence-electron chi connectivity index (χ2n) is 8.56. The Balaban J connectivity index is 1.66. The average Bonchev–Trinajstić information content (AvgIpc) is 2.85. The smallest absolute Gasteiger partial charge is 0.339 e. The Hall–Kier alpha value is -3.07. The van der Waals surface area contributed by atoms with Gasteiger partial charge in [0.1, 0.15) is 17.9 Å². The highest BCUT2D eigenvalue weighted by Crippen LogP contribution is 2.24. The number of nitrogens with zero attached hydrogens (tertiary/aromatic N) is 1. The Bertz CT molecular complexity index is 971. The van der Waals surface area contributed by atoms with E-state index in [0.29, 0.717) is 38.6 Å². The maximum absolute atomic E-state index is 13.2. The molecule has 0 saturated carbocycles. The fourth-order valence-electron chi connectivity index (χ4n) is 4.11. The van der Waals surface area contributed by atoms with Gasteiger partial charge in [0, 0.05) is 12.1 Å². The van der Waals surface area contributed by atoms with Crippen LogP contribution in [-0.2, 0) is 20.8 Å².